The first-order chi connectivity index (χ1) is 10.5. The molecule has 0 unspecified atom stereocenters. The number of piperazine rings is 1. The van der Waals surface area contributed by atoms with Gasteiger partial charge in [-0.05, 0) is 12.8 Å². The number of nitrogens with zero attached hydrogens (tertiary/aromatic N) is 5. The van der Waals surface area contributed by atoms with E-state index in [1.54, 1.807) is 6.92 Å². The van der Waals surface area contributed by atoms with E-state index in [1.807, 2.05) is 11.8 Å². The molecular formula is C15H25N5O2. The smallest absolute Gasteiger partial charge is 0.240 e. The van der Waals surface area contributed by atoms with E-state index in [1.165, 1.54) is 0 Å². The van der Waals surface area contributed by atoms with Crippen LogP contribution in [0.1, 0.15) is 25.6 Å². The highest BCUT2D eigenvalue weighted by molar-refractivity contribution is 5.73. The number of amides is 1. The third-order valence-corrected chi connectivity index (χ3v) is 4.81. The standard InChI is InChI=1S/C15H25N5O2/c1-11-8-18(10-15-16-12(2)17-22-15)9-14(11)20-6-4-19(5-7-20)13(3)21/h11,14H,4-10H2,1-3H3/t11-,14+/m1/s1. The Labute approximate surface area is 131 Å². The van der Waals surface area contributed by atoms with Gasteiger partial charge < -0.3 is 9.42 Å². The fraction of sp³-hybridized carbons (Fsp3) is 0.800. The van der Waals surface area contributed by atoms with Gasteiger partial charge in [-0.15, -0.1) is 0 Å². The Morgan fingerprint density at radius 3 is 2.59 bits per heavy atom. The van der Waals surface area contributed by atoms with Crippen LogP contribution in [-0.2, 0) is 11.3 Å². The second kappa shape index (κ2) is 6.34. The summed E-state index contributed by atoms with van der Waals surface area (Å²) in [6.45, 7) is 12.3. The third kappa shape index (κ3) is 3.30. The molecule has 0 aromatic carbocycles. The fourth-order valence-corrected chi connectivity index (χ4v) is 3.62. The first kappa shape index (κ1) is 15.4. The van der Waals surface area contributed by atoms with Gasteiger partial charge in [0.15, 0.2) is 5.82 Å². The maximum atomic E-state index is 11.4. The monoisotopic (exact) mass is 307 g/mol. The van der Waals surface area contributed by atoms with Crippen molar-refractivity contribution < 1.29 is 9.32 Å². The van der Waals surface area contributed by atoms with E-state index in [4.69, 9.17) is 4.52 Å². The van der Waals surface area contributed by atoms with Crippen molar-refractivity contribution in [2.75, 3.05) is 39.3 Å². The van der Waals surface area contributed by atoms with Crippen molar-refractivity contribution in [2.24, 2.45) is 5.92 Å². The molecular weight excluding hydrogens is 282 g/mol. The van der Waals surface area contributed by atoms with Gasteiger partial charge in [-0.2, -0.15) is 4.98 Å². The Balaban J connectivity index is 1.54. The predicted molar refractivity (Wildman–Crippen MR) is 81.1 cm³/mol. The average Bonchev–Trinajstić information content (AvgIpc) is 3.05. The lowest BCUT2D eigenvalue weighted by molar-refractivity contribution is -0.130. The van der Waals surface area contributed by atoms with Crippen LogP contribution in [0, 0.1) is 12.8 Å². The maximum Gasteiger partial charge on any atom is 0.240 e. The van der Waals surface area contributed by atoms with Crippen LogP contribution in [0.4, 0.5) is 0 Å². The lowest BCUT2D eigenvalue weighted by Crippen LogP contribution is -2.53. The van der Waals surface area contributed by atoms with Crippen molar-refractivity contribution in [3.05, 3.63) is 11.7 Å². The van der Waals surface area contributed by atoms with E-state index in [2.05, 4.69) is 26.9 Å². The van der Waals surface area contributed by atoms with Crippen molar-refractivity contribution in [1.29, 1.82) is 0 Å². The topological polar surface area (TPSA) is 65.7 Å². The lowest BCUT2D eigenvalue weighted by Gasteiger charge is -2.39. The van der Waals surface area contributed by atoms with Crippen LogP contribution in [0.3, 0.4) is 0 Å². The minimum atomic E-state index is 0.188. The molecule has 1 aromatic rings. The second-order valence-corrected chi connectivity index (χ2v) is 6.52. The summed E-state index contributed by atoms with van der Waals surface area (Å²) in [5, 5.41) is 3.85. The summed E-state index contributed by atoms with van der Waals surface area (Å²) in [5.41, 5.74) is 0. The SMILES string of the molecule is CC(=O)N1CCN([C@H]2CN(Cc3nc(C)no3)C[C@H]2C)CC1. The summed E-state index contributed by atoms with van der Waals surface area (Å²) in [6, 6.07) is 0.554. The van der Waals surface area contributed by atoms with E-state index < -0.39 is 0 Å². The van der Waals surface area contributed by atoms with E-state index in [-0.39, 0.29) is 5.91 Å². The summed E-state index contributed by atoms with van der Waals surface area (Å²) >= 11 is 0. The molecule has 0 radical (unpaired) electrons. The molecule has 7 heteroatoms. The van der Waals surface area contributed by atoms with Crippen LogP contribution in [0.25, 0.3) is 0 Å². The molecule has 3 heterocycles. The molecule has 2 aliphatic heterocycles. The molecule has 0 aliphatic carbocycles. The molecule has 0 N–H and O–H groups in total. The lowest BCUT2D eigenvalue weighted by atomic mass is 10.0. The van der Waals surface area contributed by atoms with Gasteiger partial charge in [-0.25, -0.2) is 0 Å². The summed E-state index contributed by atoms with van der Waals surface area (Å²) in [4.78, 5) is 22.6. The first-order valence-electron chi connectivity index (χ1n) is 8.04. The highest BCUT2D eigenvalue weighted by atomic mass is 16.5. The zero-order valence-electron chi connectivity index (χ0n) is 13.7. The third-order valence-electron chi connectivity index (χ3n) is 4.81. The number of aryl methyl sites for hydroxylation is 1. The number of aromatic nitrogens is 2. The summed E-state index contributed by atoms with van der Waals surface area (Å²) in [6.07, 6.45) is 0. The van der Waals surface area contributed by atoms with E-state index in [9.17, 15) is 4.79 Å². The van der Waals surface area contributed by atoms with Gasteiger partial charge in [-0.3, -0.25) is 14.6 Å². The van der Waals surface area contributed by atoms with Crippen LogP contribution in [0.15, 0.2) is 4.52 Å². The summed E-state index contributed by atoms with van der Waals surface area (Å²) < 4.78 is 5.22. The van der Waals surface area contributed by atoms with E-state index in [0.29, 0.717) is 23.7 Å². The molecule has 3 rings (SSSR count). The molecule has 0 saturated carbocycles. The Bertz CT molecular complexity index is 524. The van der Waals surface area contributed by atoms with Crippen LogP contribution in [-0.4, -0.2) is 76.1 Å². The number of hydrogen-bond donors (Lipinski definition) is 0. The van der Waals surface area contributed by atoms with Gasteiger partial charge >= 0.3 is 0 Å². The number of hydrogen-bond acceptors (Lipinski definition) is 6. The molecule has 2 fully saturated rings. The average molecular weight is 307 g/mol. The van der Waals surface area contributed by atoms with Crippen LogP contribution in [0.5, 0.6) is 0 Å². The van der Waals surface area contributed by atoms with Crippen LogP contribution < -0.4 is 0 Å². The molecule has 2 aliphatic rings. The van der Waals surface area contributed by atoms with Gasteiger partial charge in [-0.1, -0.05) is 12.1 Å². The Kier molecular flexibility index (Phi) is 4.44. The first-order valence-corrected chi connectivity index (χ1v) is 8.04. The highest BCUT2D eigenvalue weighted by Gasteiger charge is 2.35. The van der Waals surface area contributed by atoms with Crippen LogP contribution in [0.2, 0.25) is 0 Å². The molecule has 2 atom stereocenters. The van der Waals surface area contributed by atoms with Gasteiger partial charge in [0.2, 0.25) is 11.8 Å². The summed E-state index contributed by atoms with van der Waals surface area (Å²) in [7, 11) is 0. The van der Waals surface area contributed by atoms with E-state index in [0.717, 1.165) is 45.8 Å². The minimum Gasteiger partial charge on any atom is -0.340 e. The molecule has 2 saturated heterocycles. The molecule has 0 bridgehead atoms. The normalized spacial score (nSPS) is 27.5. The van der Waals surface area contributed by atoms with Gasteiger partial charge in [0, 0.05) is 52.2 Å². The number of carbonyl (C=O) groups excluding carboxylic acids is 1. The molecule has 22 heavy (non-hydrogen) atoms. The number of carbonyl (C=O) groups is 1. The van der Waals surface area contributed by atoms with Crippen LogP contribution >= 0.6 is 0 Å². The van der Waals surface area contributed by atoms with E-state index >= 15 is 0 Å². The van der Waals surface area contributed by atoms with Gasteiger partial charge in [0.25, 0.3) is 0 Å². The van der Waals surface area contributed by atoms with Gasteiger partial charge in [0.1, 0.15) is 0 Å². The number of likely N-dealkylation sites (tertiary alicyclic amines) is 1. The molecule has 0 spiro atoms. The Morgan fingerprint density at radius 1 is 1.27 bits per heavy atom. The quantitative estimate of drug-likeness (QED) is 0.803. The second-order valence-electron chi connectivity index (χ2n) is 6.52. The Morgan fingerprint density at radius 2 is 2.00 bits per heavy atom. The largest absolute Gasteiger partial charge is 0.340 e. The summed E-state index contributed by atoms with van der Waals surface area (Å²) in [5.74, 6) is 2.20. The minimum absolute atomic E-state index is 0.188. The molecule has 1 amide bonds. The maximum absolute atomic E-state index is 11.4. The van der Waals surface area contributed by atoms with Crippen molar-refractivity contribution in [1.82, 2.24) is 24.8 Å². The van der Waals surface area contributed by atoms with Crippen molar-refractivity contribution in [3.63, 3.8) is 0 Å². The molecule has 1 aromatic heterocycles. The highest BCUT2D eigenvalue weighted by Crippen LogP contribution is 2.24. The number of rotatable bonds is 3. The van der Waals surface area contributed by atoms with Gasteiger partial charge in [0.05, 0.1) is 6.54 Å². The molecule has 7 nitrogen and oxygen atoms in total. The predicted octanol–water partition coefficient (Wildman–Crippen LogP) is 0.362. The zero-order valence-corrected chi connectivity index (χ0v) is 13.7. The van der Waals surface area contributed by atoms with Crippen molar-refractivity contribution in [2.45, 2.75) is 33.4 Å². The Hall–Kier alpha value is -1.47. The van der Waals surface area contributed by atoms with Crippen molar-refractivity contribution >= 4 is 5.91 Å². The zero-order chi connectivity index (χ0) is 15.7. The van der Waals surface area contributed by atoms with Crippen molar-refractivity contribution in [3.8, 4) is 0 Å². The molecule has 122 valence electrons. The fourth-order valence-electron chi connectivity index (χ4n) is 3.62.